The molecule has 18 heavy (non-hydrogen) atoms. The minimum absolute atomic E-state index is 0.0444. The van der Waals surface area contributed by atoms with Crippen LogP contribution in [0.25, 0.3) is 0 Å². The predicted octanol–water partition coefficient (Wildman–Crippen LogP) is 0.927. The lowest BCUT2D eigenvalue weighted by atomic mass is 9.93. The highest BCUT2D eigenvalue weighted by atomic mass is 16.2. The van der Waals surface area contributed by atoms with E-state index in [4.69, 9.17) is 0 Å². The number of piperazine rings is 1. The molecule has 1 N–H and O–H groups in total. The summed E-state index contributed by atoms with van der Waals surface area (Å²) in [6, 6.07) is 0.453. The standard InChI is InChI=1S/C14H27N3O/c1-11-4-7-17(12(2)10-11)14(18)13(3)16-8-5-15-6-9-16/h11-13,15H,4-10H2,1-3H3. The first-order chi connectivity index (χ1) is 8.59. The summed E-state index contributed by atoms with van der Waals surface area (Å²) in [7, 11) is 0. The molecule has 0 saturated carbocycles. The van der Waals surface area contributed by atoms with Crippen molar-refractivity contribution in [2.75, 3.05) is 32.7 Å². The van der Waals surface area contributed by atoms with E-state index >= 15 is 0 Å². The Labute approximate surface area is 111 Å². The van der Waals surface area contributed by atoms with Crippen LogP contribution in [0.3, 0.4) is 0 Å². The smallest absolute Gasteiger partial charge is 0.239 e. The van der Waals surface area contributed by atoms with E-state index in [-0.39, 0.29) is 6.04 Å². The Morgan fingerprint density at radius 2 is 1.89 bits per heavy atom. The van der Waals surface area contributed by atoms with Gasteiger partial charge in [0.05, 0.1) is 6.04 Å². The summed E-state index contributed by atoms with van der Waals surface area (Å²) in [5.41, 5.74) is 0. The van der Waals surface area contributed by atoms with Gasteiger partial charge in [-0.3, -0.25) is 9.69 Å². The largest absolute Gasteiger partial charge is 0.339 e. The van der Waals surface area contributed by atoms with E-state index in [1.807, 2.05) is 0 Å². The van der Waals surface area contributed by atoms with Crippen molar-refractivity contribution < 1.29 is 4.79 Å². The number of piperidine rings is 1. The summed E-state index contributed by atoms with van der Waals surface area (Å²) in [6.45, 7) is 11.5. The second-order valence-corrected chi connectivity index (χ2v) is 5.97. The molecule has 4 heteroatoms. The highest BCUT2D eigenvalue weighted by Crippen LogP contribution is 2.23. The normalized spacial score (nSPS) is 32.3. The van der Waals surface area contributed by atoms with Crippen molar-refractivity contribution in [3.05, 3.63) is 0 Å². The fraction of sp³-hybridized carbons (Fsp3) is 0.929. The van der Waals surface area contributed by atoms with Crippen molar-refractivity contribution in [2.24, 2.45) is 5.92 Å². The van der Waals surface area contributed by atoms with Gasteiger partial charge in [0, 0.05) is 38.8 Å². The van der Waals surface area contributed by atoms with Crippen LogP contribution < -0.4 is 5.32 Å². The summed E-state index contributed by atoms with van der Waals surface area (Å²) in [5, 5.41) is 3.34. The van der Waals surface area contributed by atoms with E-state index in [1.165, 1.54) is 0 Å². The van der Waals surface area contributed by atoms with Gasteiger partial charge in [-0.2, -0.15) is 0 Å². The molecule has 4 nitrogen and oxygen atoms in total. The molecule has 1 amide bonds. The summed E-state index contributed by atoms with van der Waals surface area (Å²) >= 11 is 0. The SMILES string of the molecule is CC1CCN(C(=O)C(C)N2CCNCC2)C(C)C1. The van der Waals surface area contributed by atoms with E-state index in [1.54, 1.807) is 0 Å². The van der Waals surface area contributed by atoms with Gasteiger partial charge in [-0.15, -0.1) is 0 Å². The number of hydrogen-bond donors (Lipinski definition) is 1. The molecular weight excluding hydrogens is 226 g/mol. The Balaban J connectivity index is 1.93. The summed E-state index contributed by atoms with van der Waals surface area (Å²) < 4.78 is 0. The molecular formula is C14H27N3O. The highest BCUT2D eigenvalue weighted by Gasteiger charge is 2.32. The summed E-state index contributed by atoms with van der Waals surface area (Å²) in [4.78, 5) is 17.0. The summed E-state index contributed by atoms with van der Waals surface area (Å²) in [5.74, 6) is 1.09. The van der Waals surface area contributed by atoms with Crippen LogP contribution in [-0.4, -0.2) is 60.5 Å². The van der Waals surface area contributed by atoms with Crippen molar-refractivity contribution in [2.45, 2.75) is 45.7 Å². The monoisotopic (exact) mass is 253 g/mol. The molecule has 3 unspecified atom stereocenters. The molecule has 0 aromatic carbocycles. The zero-order chi connectivity index (χ0) is 13.1. The molecule has 2 heterocycles. The lowest BCUT2D eigenvalue weighted by molar-refractivity contribution is -0.140. The van der Waals surface area contributed by atoms with Gasteiger partial charge in [0.1, 0.15) is 0 Å². The quantitative estimate of drug-likeness (QED) is 0.795. The van der Waals surface area contributed by atoms with Crippen molar-refractivity contribution in [1.29, 1.82) is 0 Å². The number of nitrogens with zero attached hydrogens (tertiary/aromatic N) is 2. The van der Waals surface area contributed by atoms with E-state index in [2.05, 4.69) is 35.9 Å². The van der Waals surface area contributed by atoms with Gasteiger partial charge in [-0.05, 0) is 32.6 Å². The van der Waals surface area contributed by atoms with E-state index in [0.29, 0.717) is 11.9 Å². The predicted molar refractivity (Wildman–Crippen MR) is 73.5 cm³/mol. The first kappa shape index (κ1) is 13.8. The Morgan fingerprint density at radius 1 is 1.22 bits per heavy atom. The minimum atomic E-state index is 0.0444. The molecule has 104 valence electrons. The molecule has 2 aliphatic heterocycles. The zero-order valence-electron chi connectivity index (χ0n) is 12.0. The van der Waals surface area contributed by atoms with Crippen molar-refractivity contribution >= 4 is 5.91 Å². The van der Waals surface area contributed by atoms with Crippen molar-refractivity contribution in [3.8, 4) is 0 Å². The van der Waals surface area contributed by atoms with Gasteiger partial charge < -0.3 is 10.2 Å². The zero-order valence-corrected chi connectivity index (χ0v) is 12.0. The van der Waals surface area contributed by atoms with E-state index in [9.17, 15) is 4.79 Å². The molecule has 2 rings (SSSR count). The third-order valence-electron chi connectivity index (χ3n) is 4.48. The Kier molecular flexibility index (Phi) is 4.62. The highest BCUT2D eigenvalue weighted by molar-refractivity contribution is 5.81. The van der Waals surface area contributed by atoms with Crippen LogP contribution in [0.4, 0.5) is 0 Å². The number of likely N-dealkylation sites (tertiary alicyclic amines) is 1. The Hall–Kier alpha value is -0.610. The van der Waals surface area contributed by atoms with Gasteiger partial charge in [-0.25, -0.2) is 0 Å². The number of nitrogens with one attached hydrogen (secondary N) is 1. The number of rotatable bonds is 2. The van der Waals surface area contributed by atoms with Crippen molar-refractivity contribution in [3.63, 3.8) is 0 Å². The second-order valence-electron chi connectivity index (χ2n) is 5.97. The third kappa shape index (κ3) is 3.04. The minimum Gasteiger partial charge on any atom is -0.339 e. The molecule has 3 atom stereocenters. The maximum Gasteiger partial charge on any atom is 0.239 e. The Bertz CT molecular complexity index is 289. The van der Waals surface area contributed by atoms with Gasteiger partial charge in [0.2, 0.25) is 5.91 Å². The molecule has 0 radical (unpaired) electrons. The molecule has 0 aromatic rings. The van der Waals surface area contributed by atoms with Crippen LogP contribution in [0.15, 0.2) is 0 Å². The van der Waals surface area contributed by atoms with Crippen LogP contribution in [0, 0.1) is 5.92 Å². The molecule has 0 spiro atoms. The van der Waals surface area contributed by atoms with Gasteiger partial charge in [-0.1, -0.05) is 6.92 Å². The van der Waals surface area contributed by atoms with E-state index < -0.39 is 0 Å². The first-order valence-electron chi connectivity index (χ1n) is 7.35. The number of carbonyl (C=O) groups excluding carboxylic acids is 1. The lowest BCUT2D eigenvalue weighted by Gasteiger charge is -2.41. The maximum absolute atomic E-state index is 12.6. The van der Waals surface area contributed by atoms with Crippen LogP contribution in [0.1, 0.15) is 33.6 Å². The fourth-order valence-corrected chi connectivity index (χ4v) is 3.20. The third-order valence-corrected chi connectivity index (χ3v) is 4.48. The topological polar surface area (TPSA) is 35.6 Å². The van der Waals surface area contributed by atoms with Crippen LogP contribution >= 0.6 is 0 Å². The first-order valence-corrected chi connectivity index (χ1v) is 7.35. The van der Waals surface area contributed by atoms with Crippen LogP contribution in [0.5, 0.6) is 0 Å². The van der Waals surface area contributed by atoms with Crippen LogP contribution in [-0.2, 0) is 4.79 Å². The molecule has 0 aromatic heterocycles. The lowest BCUT2D eigenvalue weighted by Crippen LogP contribution is -2.56. The fourth-order valence-electron chi connectivity index (χ4n) is 3.20. The average molecular weight is 253 g/mol. The average Bonchev–Trinajstić information content (AvgIpc) is 2.38. The van der Waals surface area contributed by atoms with Gasteiger partial charge >= 0.3 is 0 Å². The number of carbonyl (C=O) groups is 1. The molecule has 0 bridgehead atoms. The number of hydrogen-bond acceptors (Lipinski definition) is 3. The molecule has 0 aliphatic carbocycles. The van der Waals surface area contributed by atoms with Crippen molar-refractivity contribution in [1.82, 2.24) is 15.1 Å². The molecule has 2 fully saturated rings. The second kappa shape index (κ2) is 6.02. The Morgan fingerprint density at radius 3 is 2.50 bits per heavy atom. The van der Waals surface area contributed by atoms with E-state index in [0.717, 1.165) is 51.5 Å². The van der Waals surface area contributed by atoms with Crippen LogP contribution in [0.2, 0.25) is 0 Å². The maximum atomic E-state index is 12.6. The summed E-state index contributed by atoms with van der Waals surface area (Å²) in [6.07, 6.45) is 2.31. The molecule has 2 aliphatic rings. The molecule has 2 saturated heterocycles. The number of amides is 1. The van der Waals surface area contributed by atoms with Gasteiger partial charge in [0.25, 0.3) is 0 Å². The van der Waals surface area contributed by atoms with Gasteiger partial charge in [0.15, 0.2) is 0 Å².